The number of urea groups is 1. The van der Waals surface area contributed by atoms with Crippen LogP contribution in [0.4, 0.5) is 4.79 Å². The van der Waals surface area contributed by atoms with Crippen molar-refractivity contribution in [3.63, 3.8) is 0 Å². The number of aliphatic carboxylic acids is 1. The molecule has 1 aromatic carbocycles. The fraction of sp³-hybridized carbons (Fsp3) is 0.529. The van der Waals surface area contributed by atoms with Crippen LogP contribution in [0.5, 0.6) is 0 Å². The molecule has 1 aliphatic heterocycles. The second-order valence-corrected chi connectivity index (χ2v) is 8.64. The number of aryl methyl sites for hydroxylation is 1. The highest BCUT2D eigenvalue weighted by atomic mass is 32.2. The van der Waals surface area contributed by atoms with Gasteiger partial charge in [-0.25, -0.2) is 13.2 Å². The van der Waals surface area contributed by atoms with Gasteiger partial charge < -0.3 is 20.5 Å². The van der Waals surface area contributed by atoms with Crippen LogP contribution in [-0.4, -0.2) is 43.5 Å². The van der Waals surface area contributed by atoms with Crippen LogP contribution in [0.15, 0.2) is 29.2 Å². The zero-order chi connectivity index (χ0) is 19.5. The smallest absolute Gasteiger partial charge is 0.316 e. The first-order valence-electron chi connectivity index (χ1n) is 8.49. The van der Waals surface area contributed by atoms with E-state index in [1.165, 1.54) is 16.4 Å². The predicted octanol–water partition coefficient (Wildman–Crippen LogP) is 0.179. The van der Waals surface area contributed by atoms with E-state index in [9.17, 15) is 23.1 Å². The normalized spacial score (nSPS) is 19.3. The molecule has 144 valence electrons. The summed E-state index contributed by atoms with van der Waals surface area (Å²) in [6, 6.07) is 4.61. The van der Waals surface area contributed by atoms with E-state index >= 15 is 0 Å². The van der Waals surface area contributed by atoms with Crippen LogP contribution in [-0.2, 0) is 14.8 Å². The summed E-state index contributed by atoms with van der Waals surface area (Å²) in [5, 5.41) is 16.0. The molecule has 0 aromatic heterocycles. The molecule has 2 rings (SSSR count). The molecule has 26 heavy (non-hydrogen) atoms. The van der Waals surface area contributed by atoms with Crippen molar-refractivity contribution >= 4 is 22.0 Å². The number of amides is 2. The third-order valence-corrected chi connectivity index (χ3v) is 6.26. The van der Waals surface area contributed by atoms with E-state index in [1.807, 2.05) is 6.92 Å². The van der Waals surface area contributed by atoms with Gasteiger partial charge in [0.15, 0.2) is 0 Å². The Morgan fingerprint density at radius 3 is 2.38 bits per heavy atom. The van der Waals surface area contributed by atoms with Gasteiger partial charge in [0.25, 0.3) is 0 Å². The molecule has 0 saturated carbocycles. The molecule has 1 heterocycles. The van der Waals surface area contributed by atoms with Crippen molar-refractivity contribution in [1.29, 1.82) is 0 Å². The summed E-state index contributed by atoms with van der Waals surface area (Å²) in [6.07, 6.45) is 0.330. The Bertz CT molecular complexity index is 761. The van der Waals surface area contributed by atoms with Crippen LogP contribution in [0, 0.1) is 12.8 Å². The van der Waals surface area contributed by atoms with E-state index < -0.39 is 34.2 Å². The summed E-state index contributed by atoms with van der Waals surface area (Å²) >= 11 is 0. The van der Waals surface area contributed by atoms with Gasteiger partial charge in [0, 0.05) is 6.54 Å². The molecule has 1 saturated heterocycles. The third-order valence-electron chi connectivity index (χ3n) is 4.34. The number of benzene rings is 1. The third kappa shape index (κ3) is 4.53. The van der Waals surface area contributed by atoms with Crippen molar-refractivity contribution in [3.8, 4) is 0 Å². The minimum absolute atomic E-state index is 0.159. The first kappa shape index (κ1) is 20.2. The minimum Gasteiger partial charge on any atom is -0.548 e. The monoisotopic (exact) mass is 382 g/mol. The van der Waals surface area contributed by atoms with Crippen LogP contribution in [0.1, 0.15) is 32.3 Å². The maximum atomic E-state index is 12.8. The van der Waals surface area contributed by atoms with Gasteiger partial charge in [0.05, 0.1) is 23.1 Å². The number of hydrogen-bond donors (Lipinski definition) is 2. The Kier molecular flexibility index (Phi) is 6.25. The summed E-state index contributed by atoms with van der Waals surface area (Å²) in [4.78, 5) is 23.4. The minimum atomic E-state index is -3.75. The van der Waals surface area contributed by atoms with Crippen molar-refractivity contribution in [2.45, 2.75) is 50.7 Å². The summed E-state index contributed by atoms with van der Waals surface area (Å²) in [5.74, 6) is -1.74. The number of hydrogen-bond acceptors (Lipinski definition) is 5. The lowest BCUT2D eigenvalue weighted by atomic mass is 10.1. The lowest BCUT2D eigenvalue weighted by Gasteiger charge is -2.28. The van der Waals surface area contributed by atoms with Crippen molar-refractivity contribution in [1.82, 2.24) is 14.9 Å². The summed E-state index contributed by atoms with van der Waals surface area (Å²) in [5.41, 5.74) is 0.946. The van der Waals surface area contributed by atoms with E-state index in [2.05, 4.69) is 10.6 Å². The molecule has 1 fully saturated rings. The number of carbonyl (C=O) groups excluding carboxylic acids is 2. The molecule has 1 aliphatic rings. The van der Waals surface area contributed by atoms with E-state index in [4.69, 9.17) is 0 Å². The summed E-state index contributed by atoms with van der Waals surface area (Å²) < 4.78 is 26.9. The highest BCUT2D eigenvalue weighted by Gasteiger charge is 2.36. The zero-order valence-corrected chi connectivity index (χ0v) is 15.9. The van der Waals surface area contributed by atoms with E-state index in [1.54, 1.807) is 26.0 Å². The van der Waals surface area contributed by atoms with E-state index in [0.717, 1.165) is 5.56 Å². The first-order chi connectivity index (χ1) is 12.1. The van der Waals surface area contributed by atoms with E-state index in [0.29, 0.717) is 12.8 Å². The van der Waals surface area contributed by atoms with Crippen LogP contribution in [0.2, 0.25) is 0 Å². The van der Waals surface area contributed by atoms with Gasteiger partial charge >= 0.3 is 6.03 Å². The molecular formula is C17H24N3O5S-. The second-order valence-electron chi connectivity index (χ2n) is 6.75. The van der Waals surface area contributed by atoms with Crippen LogP contribution >= 0.6 is 0 Å². The average molecular weight is 382 g/mol. The van der Waals surface area contributed by atoms with E-state index in [-0.39, 0.29) is 17.4 Å². The molecule has 0 unspecified atom stereocenters. The maximum Gasteiger partial charge on any atom is 0.316 e. The van der Waals surface area contributed by atoms with Crippen molar-refractivity contribution in [3.05, 3.63) is 29.8 Å². The Hall–Kier alpha value is -2.13. The molecule has 8 nitrogen and oxygen atoms in total. The maximum absolute atomic E-state index is 12.8. The lowest BCUT2D eigenvalue weighted by Crippen LogP contribution is -2.57. The topological polar surface area (TPSA) is 119 Å². The van der Waals surface area contributed by atoms with Gasteiger partial charge in [0.2, 0.25) is 10.0 Å². The van der Waals surface area contributed by atoms with Crippen LogP contribution in [0.3, 0.4) is 0 Å². The molecule has 1 aromatic rings. The zero-order valence-electron chi connectivity index (χ0n) is 15.1. The standard InChI is InChI=1S/C17H25N3O5S/c1-11(2)15(16(21)22)19-17(23)18-14-5-4-10-20(14)26(24,25)13-8-6-12(3)7-9-13/h6-9,11,14-15H,4-5,10H2,1-3H3,(H,21,22)(H2,18,19,23)/p-1/t14-,15+/m1/s1. The number of nitrogens with one attached hydrogen (secondary N) is 2. The second kappa shape index (κ2) is 8.05. The van der Waals surface area contributed by atoms with Crippen molar-refractivity contribution in [2.75, 3.05) is 6.54 Å². The average Bonchev–Trinajstić information content (AvgIpc) is 3.01. The molecule has 2 amide bonds. The molecule has 0 aliphatic carbocycles. The molecule has 0 spiro atoms. The number of sulfonamides is 1. The van der Waals surface area contributed by atoms with Crippen molar-refractivity contribution in [2.24, 2.45) is 5.92 Å². The van der Waals surface area contributed by atoms with Gasteiger partial charge in [-0.2, -0.15) is 4.31 Å². The Morgan fingerprint density at radius 1 is 1.23 bits per heavy atom. The SMILES string of the molecule is Cc1ccc(S(=O)(=O)N2CCC[C@@H]2NC(=O)N[C@H](C(=O)[O-])C(C)C)cc1. The summed E-state index contributed by atoms with van der Waals surface area (Å²) in [7, 11) is -3.75. The number of rotatable bonds is 6. The van der Waals surface area contributed by atoms with Crippen LogP contribution in [0.25, 0.3) is 0 Å². The Morgan fingerprint density at radius 2 is 1.85 bits per heavy atom. The predicted molar refractivity (Wildman–Crippen MR) is 93.4 cm³/mol. The molecule has 0 radical (unpaired) electrons. The highest BCUT2D eigenvalue weighted by molar-refractivity contribution is 7.89. The molecule has 2 atom stereocenters. The number of carboxylic acid groups (broad SMARTS) is 1. The number of carboxylic acids is 1. The molecule has 9 heteroatoms. The van der Waals surface area contributed by atoms with Gasteiger partial charge in [-0.3, -0.25) is 0 Å². The molecule has 2 N–H and O–H groups in total. The molecular weight excluding hydrogens is 358 g/mol. The van der Waals surface area contributed by atoms with Crippen LogP contribution < -0.4 is 15.7 Å². The molecule has 0 bridgehead atoms. The Labute approximate surface area is 153 Å². The Balaban J connectivity index is 2.11. The van der Waals surface area contributed by atoms with Gasteiger partial charge in [-0.15, -0.1) is 0 Å². The number of carbonyl (C=O) groups is 2. The van der Waals surface area contributed by atoms with Crippen molar-refractivity contribution < 1.29 is 23.1 Å². The highest BCUT2D eigenvalue weighted by Crippen LogP contribution is 2.25. The largest absolute Gasteiger partial charge is 0.548 e. The lowest BCUT2D eigenvalue weighted by molar-refractivity contribution is -0.309. The fourth-order valence-corrected chi connectivity index (χ4v) is 4.46. The van der Waals surface area contributed by atoms with Gasteiger partial charge in [-0.05, 0) is 37.8 Å². The first-order valence-corrected chi connectivity index (χ1v) is 9.93. The van der Waals surface area contributed by atoms with Gasteiger partial charge in [-0.1, -0.05) is 31.5 Å². The summed E-state index contributed by atoms with van der Waals surface area (Å²) in [6.45, 7) is 5.44. The quantitative estimate of drug-likeness (QED) is 0.727. The fourth-order valence-electron chi connectivity index (χ4n) is 2.85. The van der Waals surface area contributed by atoms with Gasteiger partial charge in [0.1, 0.15) is 0 Å². The number of nitrogens with zero attached hydrogens (tertiary/aromatic N) is 1.